The summed E-state index contributed by atoms with van der Waals surface area (Å²) in [6, 6.07) is -2.19. The molecule has 1 amide bonds. The lowest BCUT2D eigenvalue weighted by molar-refractivity contribution is -0.130. The van der Waals surface area contributed by atoms with Crippen LogP contribution in [0.15, 0.2) is 17.6 Å². The van der Waals surface area contributed by atoms with Gasteiger partial charge in [-0.15, -0.1) is 0 Å². The number of fused-ring (bicyclic) bond motifs is 6. The van der Waals surface area contributed by atoms with Crippen LogP contribution in [0.5, 0.6) is 0 Å². The number of nitrogens with one attached hydrogen (secondary N) is 2. The van der Waals surface area contributed by atoms with Crippen LogP contribution in [0.1, 0.15) is 6.23 Å². The molecule has 7 rings (SSSR count). The number of rotatable bonds is 2. The maximum absolute atomic E-state index is 13.2. The minimum atomic E-state index is -5.00. The van der Waals surface area contributed by atoms with Crippen molar-refractivity contribution in [2.75, 3.05) is 18.9 Å². The first kappa shape index (κ1) is 30.9. The van der Waals surface area contributed by atoms with Gasteiger partial charge in [0.25, 0.3) is 5.91 Å². The molecule has 0 radical (unpaired) electrons. The number of amides is 1. The van der Waals surface area contributed by atoms with Crippen LogP contribution in [0.2, 0.25) is 0 Å². The van der Waals surface area contributed by atoms with Crippen molar-refractivity contribution in [3.8, 4) is 0 Å². The van der Waals surface area contributed by atoms with Crippen LogP contribution in [0.4, 0.5) is 5.82 Å². The third-order valence-corrected chi connectivity index (χ3v) is 9.85. The Bertz CT molecular complexity index is 1620. The molecule has 0 aliphatic carbocycles. The maximum Gasteiger partial charge on any atom is 0.472 e. The smallest absolute Gasteiger partial charge is 0.387 e. The Kier molecular flexibility index (Phi) is 7.70. The van der Waals surface area contributed by atoms with Gasteiger partial charge in [0, 0.05) is 0 Å². The molecule has 4 fully saturated rings. The van der Waals surface area contributed by atoms with Gasteiger partial charge in [-0.1, -0.05) is 0 Å². The molecular formula is C20H29N11O12P2. The number of hydrogen-bond acceptors (Lipinski definition) is 19. The van der Waals surface area contributed by atoms with E-state index in [-0.39, 0.29) is 17.0 Å². The Balaban J connectivity index is 1.18. The summed E-state index contributed by atoms with van der Waals surface area (Å²) in [5, 5.41) is 16.5. The van der Waals surface area contributed by atoms with Crippen molar-refractivity contribution in [1.82, 2.24) is 35.1 Å². The van der Waals surface area contributed by atoms with Gasteiger partial charge < -0.3 is 46.1 Å². The third kappa shape index (κ3) is 5.53. The maximum atomic E-state index is 13.2. The fourth-order valence-corrected chi connectivity index (χ4v) is 7.64. The Hall–Kier alpha value is -2.73. The number of imidazole rings is 1. The number of aromatic nitrogens is 4. The van der Waals surface area contributed by atoms with Crippen LogP contribution in [-0.2, 0) is 41.5 Å². The van der Waals surface area contributed by atoms with E-state index in [9.17, 15) is 28.8 Å². The monoisotopic (exact) mass is 677 g/mol. The van der Waals surface area contributed by atoms with Crippen molar-refractivity contribution in [2.24, 2.45) is 16.5 Å². The molecule has 25 heteroatoms. The zero-order chi connectivity index (χ0) is 31.8. The molecule has 0 spiro atoms. The van der Waals surface area contributed by atoms with E-state index in [2.05, 4.69) is 30.6 Å². The summed E-state index contributed by atoms with van der Waals surface area (Å²) in [5.41, 5.74) is 18.4. The Labute approximate surface area is 252 Å². The highest BCUT2D eigenvalue weighted by Gasteiger charge is 2.56. The fraction of sp³-hybridized carbons (Fsp3) is 0.650. The molecule has 0 aromatic carbocycles. The molecule has 13 atom stereocenters. The predicted molar refractivity (Wildman–Crippen MR) is 145 cm³/mol. The molecule has 11 N–H and O–H groups in total. The highest BCUT2D eigenvalue weighted by molar-refractivity contribution is 7.47. The second kappa shape index (κ2) is 11.2. The third-order valence-electron chi connectivity index (χ3n) is 7.88. The van der Waals surface area contributed by atoms with Gasteiger partial charge in [0.05, 0.1) is 31.9 Å². The second-order valence-corrected chi connectivity index (χ2v) is 13.5. The summed E-state index contributed by atoms with van der Waals surface area (Å²) in [4.78, 5) is 51.5. The minimum Gasteiger partial charge on any atom is -0.387 e. The summed E-state index contributed by atoms with van der Waals surface area (Å²) in [6.45, 7) is -1.43. The fourth-order valence-electron chi connectivity index (χ4n) is 5.76. The number of aliphatic imine (C=N–C) groups is 1. The van der Waals surface area contributed by atoms with E-state index in [4.69, 9.17) is 44.8 Å². The van der Waals surface area contributed by atoms with Gasteiger partial charge in [-0.05, 0) is 0 Å². The largest absolute Gasteiger partial charge is 0.472 e. The van der Waals surface area contributed by atoms with E-state index in [0.717, 1.165) is 6.33 Å². The number of aliphatic hydroxyl groups is 1. The van der Waals surface area contributed by atoms with Crippen molar-refractivity contribution < 1.29 is 56.4 Å². The average molecular weight is 677 g/mol. The average Bonchev–Trinajstić information content (AvgIpc) is 3.72. The van der Waals surface area contributed by atoms with E-state index >= 15 is 0 Å². The Morgan fingerprint density at radius 1 is 0.978 bits per heavy atom. The summed E-state index contributed by atoms with van der Waals surface area (Å²) < 4.78 is 60.9. The Morgan fingerprint density at radius 2 is 1.67 bits per heavy atom. The summed E-state index contributed by atoms with van der Waals surface area (Å²) >= 11 is 0. The van der Waals surface area contributed by atoms with Gasteiger partial charge in [0.2, 0.25) is 0 Å². The van der Waals surface area contributed by atoms with Crippen LogP contribution >= 0.6 is 15.6 Å². The number of carbonyl (C=O) groups is 1. The van der Waals surface area contributed by atoms with Gasteiger partial charge in [0.1, 0.15) is 54.8 Å². The van der Waals surface area contributed by atoms with Crippen molar-refractivity contribution in [3.63, 3.8) is 0 Å². The van der Waals surface area contributed by atoms with Gasteiger partial charge in [-0.2, -0.15) is 0 Å². The molecule has 45 heavy (non-hydrogen) atoms. The van der Waals surface area contributed by atoms with Gasteiger partial charge in [-0.25, -0.2) is 24.1 Å². The van der Waals surface area contributed by atoms with E-state index in [1.807, 2.05) is 0 Å². The SMILES string of the molecule is Nc1ncnc2c1ncn2[C@@H]1O[C@@H]2COP(=O)(O)O[C@@H]3[C@H](N)[C@@H](COP(=O)(O)O[C@@H]1[C@@H]2O)O[C@H]3N1C=NC2C(=O)NC(N)NC21. The zero-order valence-corrected chi connectivity index (χ0v) is 24.6. The van der Waals surface area contributed by atoms with Gasteiger partial charge >= 0.3 is 15.6 Å². The molecule has 0 saturated carbocycles. The van der Waals surface area contributed by atoms with E-state index in [1.54, 1.807) is 0 Å². The number of phosphoric acid groups is 2. The molecular weight excluding hydrogens is 648 g/mol. The topological polar surface area (TPSA) is 329 Å². The molecule has 5 aliphatic rings. The highest BCUT2D eigenvalue weighted by atomic mass is 31.2. The zero-order valence-electron chi connectivity index (χ0n) is 22.8. The molecule has 246 valence electrons. The quantitative estimate of drug-likeness (QED) is 0.139. The number of aliphatic hydroxyl groups excluding tert-OH is 1. The lowest BCUT2D eigenvalue weighted by Gasteiger charge is -2.39. The van der Waals surface area contributed by atoms with Crippen LogP contribution in [-0.4, -0.2) is 126 Å². The minimum absolute atomic E-state index is 0.0355. The lowest BCUT2D eigenvalue weighted by atomic mass is 10.1. The molecule has 5 aliphatic heterocycles. The number of phosphoric ester groups is 2. The highest BCUT2D eigenvalue weighted by Crippen LogP contribution is 2.53. The van der Waals surface area contributed by atoms with Crippen LogP contribution < -0.4 is 27.8 Å². The standard InChI is InChI=1S/C20H29N11O12P2/c21-8-6-1-38-45(36,37)43-13-11(32)7(41-19(13)30-4-26-9-14(22)24-3-25-15(9)30)2-39-44(34,35)42-12(8)18(40-6)31-5-27-10-16(31)28-20(23)29-17(10)33/h3-8,10-13,16,18-20,28,32H,1-2,21,23H2,(H,29,33)(H,34,35)(H,36,37)(H2,22,24,25)/t6-,7-,8-,10?,11-,12-,13-,16?,18-,19-,20?/m1/s1. The number of nitrogen functional groups attached to an aromatic ring is 1. The van der Waals surface area contributed by atoms with Crippen molar-refractivity contribution in [1.29, 1.82) is 0 Å². The van der Waals surface area contributed by atoms with E-state index in [1.165, 1.54) is 22.1 Å². The van der Waals surface area contributed by atoms with Crippen molar-refractivity contribution in [3.05, 3.63) is 12.7 Å². The first-order valence-corrected chi connectivity index (χ1v) is 16.4. The molecule has 2 aromatic rings. The number of carbonyl (C=O) groups excluding carboxylic acids is 1. The summed E-state index contributed by atoms with van der Waals surface area (Å²) in [5.74, 6) is -0.447. The number of nitrogens with two attached hydrogens (primary N) is 3. The molecule has 2 aromatic heterocycles. The first-order chi connectivity index (χ1) is 21.3. The number of hydrogen-bond donors (Lipinski definition) is 8. The van der Waals surface area contributed by atoms with E-state index in [0.29, 0.717) is 0 Å². The van der Waals surface area contributed by atoms with E-state index < -0.39 is 102 Å². The molecule has 4 bridgehead atoms. The number of anilines is 1. The number of ether oxygens (including phenoxy) is 2. The van der Waals surface area contributed by atoms with Crippen LogP contribution in [0.25, 0.3) is 11.2 Å². The second-order valence-electron chi connectivity index (χ2n) is 10.7. The number of nitrogens with zero attached hydrogens (tertiary/aromatic N) is 6. The summed E-state index contributed by atoms with van der Waals surface area (Å²) in [6.07, 6.45) is -8.19. The molecule has 4 saturated heterocycles. The molecule has 5 unspecified atom stereocenters. The molecule has 23 nitrogen and oxygen atoms in total. The van der Waals surface area contributed by atoms with Crippen molar-refractivity contribution >= 4 is 44.9 Å². The molecule has 7 heterocycles. The van der Waals surface area contributed by atoms with Crippen molar-refractivity contribution in [2.45, 2.75) is 67.5 Å². The predicted octanol–water partition coefficient (Wildman–Crippen LogP) is -4.26. The summed E-state index contributed by atoms with van der Waals surface area (Å²) in [7, 11) is -9.98. The Morgan fingerprint density at radius 3 is 2.42 bits per heavy atom. The van der Waals surface area contributed by atoms with Crippen LogP contribution in [0.3, 0.4) is 0 Å². The lowest BCUT2D eigenvalue weighted by Crippen LogP contribution is -2.70. The normalized spacial score (nSPS) is 45.4. The first-order valence-electron chi connectivity index (χ1n) is 13.4. The van der Waals surface area contributed by atoms with Crippen LogP contribution in [0, 0.1) is 0 Å². The van der Waals surface area contributed by atoms with Gasteiger partial charge in [0.15, 0.2) is 30.0 Å². The van der Waals surface area contributed by atoms with Gasteiger partial charge in [-0.3, -0.25) is 43.5 Å².